The molecule has 7 heteroatoms. The Balaban J connectivity index is 1.43. The molecule has 0 radical (unpaired) electrons. The van der Waals surface area contributed by atoms with E-state index >= 15 is 0 Å². The van der Waals surface area contributed by atoms with Gasteiger partial charge in [0.1, 0.15) is 5.82 Å². The van der Waals surface area contributed by atoms with E-state index in [-0.39, 0.29) is 6.61 Å². The lowest BCUT2D eigenvalue weighted by atomic mass is 10.1. The Morgan fingerprint density at radius 1 is 0.875 bits per heavy atom. The molecule has 1 aromatic heterocycles. The molecule has 0 aliphatic carbocycles. The van der Waals surface area contributed by atoms with Gasteiger partial charge < -0.3 is 9.84 Å². The summed E-state index contributed by atoms with van der Waals surface area (Å²) in [5, 5.41) is 20.6. The molecule has 1 N–H and O–H groups in total. The van der Waals surface area contributed by atoms with Gasteiger partial charge in [-0.1, -0.05) is 84.0 Å². The van der Waals surface area contributed by atoms with Crippen molar-refractivity contribution in [3.63, 3.8) is 0 Å². The Labute approximate surface area is 197 Å². The van der Waals surface area contributed by atoms with Crippen molar-refractivity contribution in [1.29, 1.82) is 0 Å². The summed E-state index contributed by atoms with van der Waals surface area (Å²) in [6.45, 7) is 0.735. The van der Waals surface area contributed by atoms with Crippen LogP contribution >= 0.6 is 23.4 Å². The van der Waals surface area contributed by atoms with E-state index in [0.29, 0.717) is 23.8 Å². The number of halogens is 1. The fraction of sp³-hybridized carbons (Fsp3) is 0.200. The van der Waals surface area contributed by atoms with Gasteiger partial charge in [0.15, 0.2) is 5.16 Å². The van der Waals surface area contributed by atoms with Crippen LogP contribution in [0.2, 0.25) is 5.02 Å². The molecule has 4 rings (SSSR count). The highest BCUT2D eigenvalue weighted by molar-refractivity contribution is 7.99. The predicted octanol–water partition coefficient (Wildman–Crippen LogP) is 5.18. The monoisotopic (exact) mass is 465 g/mol. The molecule has 0 aliphatic heterocycles. The highest BCUT2D eigenvalue weighted by atomic mass is 35.5. The van der Waals surface area contributed by atoms with E-state index in [2.05, 4.69) is 22.3 Å². The molecule has 0 unspecified atom stereocenters. The molecule has 4 aromatic rings. The van der Waals surface area contributed by atoms with Crippen LogP contribution in [-0.4, -0.2) is 38.3 Å². The molecule has 1 heterocycles. The number of benzene rings is 3. The topological polar surface area (TPSA) is 60.2 Å². The van der Waals surface area contributed by atoms with Crippen LogP contribution in [0.1, 0.15) is 17.0 Å². The van der Waals surface area contributed by atoms with Gasteiger partial charge in [0.2, 0.25) is 0 Å². The Kier molecular flexibility index (Phi) is 7.96. The second-order valence-corrected chi connectivity index (χ2v) is 8.76. The minimum Gasteiger partial charge on any atom is -0.390 e. The number of aromatic nitrogens is 3. The summed E-state index contributed by atoms with van der Waals surface area (Å²) in [6.07, 6.45) is 0.0383. The minimum absolute atomic E-state index is 0.258. The van der Waals surface area contributed by atoms with Crippen LogP contribution in [-0.2, 0) is 17.8 Å². The summed E-state index contributed by atoms with van der Waals surface area (Å²) in [7, 11) is 0. The fourth-order valence-corrected chi connectivity index (χ4v) is 4.24. The predicted molar refractivity (Wildman–Crippen MR) is 128 cm³/mol. The van der Waals surface area contributed by atoms with Crippen LogP contribution < -0.4 is 0 Å². The lowest BCUT2D eigenvalue weighted by Crippen LogP contribution is -2.18. The Morgan fingerprint density at radius 2 is 1.53 bits per heavy atom. The molecule has 1 atom stereocenters. The van der Waals surface area contributed by atoms with Crippen molar-refractivity contribution in [3.05, 3.63) is 107 Å². The number of aliphatic hydroxyl groups is 1. The Bertz CT molecular complexity index is 1110. The second kappa shape index (κ2) is 11.3. The molecular formula is C25H24ClN3O2S. The van der Waals surface area contributed by atoms with E-state index in [4.69, 9.17) is 16.3 Å². The van der Waals surface area contributed by atoms with Crippen LogP contribution in [0.25, 0.3) is 5.69 Å². The van der Waals surface area contributed by atoms with Crippen LogP contribution in [0.3, 0.4) is 0 Å². The number of aliphatic hydroxyl groups excluding tert-OH is 1. The van der Waals surface area contributed by atoms with Gasteiger partial charge in [-0.2, -0.15) is 0 Å². The van der Waals surface area contributed by atoms with Crippen molar-refractivity contribution in [2.45, 2.75) is 24.3 Å². The summed E-state index contributed by atoms with van der Waals surface area (Å²) in [6, 6.07) is 27.7. The van der Waals surface area contributed by atoms with Crippen molar-refractivity contribution in [2.75, 3.05) is 12.4 Å². The van der Waals surface area contributed by atoms with E-state index in [9.17, 15) is 5.11 Å². The molecule has 0 aliphatic rings. The average molecular weight is 466 g/mol. The third-order valence-corrected chi connectivity index (χ3v) is 6.14. The quantitative estimate of drug-likeness (QED) is 0.327. The van der Waals surface area contributed by atoms with Crippen molar-refractivity contribution >= 4 is 23.4 Å². The number of hydrogen-bond donors (Lipinski definition) is 1. The van der Waals surface area contributed by atoms with Gasteiger partial charge in [-0.05, 0) is 35.4 Å². The molecule has 0 saturated heterocycles. The zero-order valence-electron chi connectivity index (χ0n) is 17.5. The van der Waals surface area contributed by atoms with E-state index in [0.717, 1.165) is 27.8 Å². The average Bonchev–Trinajstić information content (AvgIpc) is 3.22. The van der Waals surface area contributed by atoms with Gasteiger partial charge >= 0.3 is 0 Å². The van der Waals surface area contributed by atoms with Crippen LogP contribution in [0, 0.1) is 0 Å². The molecule has 32 heavy (non-hydrogen) atoms. The number of nitrogens with zero attached hydrogens (tertiary/aromatic N) is 3. The molecule has 0 bridgehead atoms. The first kappa shape index (κ1) is 22.6. The number of ether oxygens (including phenoxy) is 1. The fourth-order valence-electron chi connectivity index (χ4n) is 3.24. The smallest absolute Gasteiger partial charge is 0.195 e. The van der Waals surface area contributed by atoms with E-state index in [1.54, 1.807) is 0 Å². The van der Waals surface area contributed by atoms with Crippen molar-refractivity contribution in [3.8, 4) is 5.69 Å². The number of rotatable bonds is 10. The third kappa shape index (κ3) is 6.20. The SMILES string of the molecule is O[C@@H](COCc1ccccc1)CSc1nnc(Cc2ccccc2)n1-c1ccc(Cl)cc1. The summed E-state index contributed by atoms with van der Waals surface area (Å²) in [5.74, 6) is 1.28. The molecule has 0 fully saturated rings. The molecule has 5 nitrogen and oxygen atoms in total. The maximum Gasteiger partial charge on any atom is 0.195 e. The van der Waals surface area contributed by atoms with Gasteiger partial charge in [0, 0.05) is 22.9 Å². The summed E-state index contributed by atoms with van der Waals surface area (Å²) in [4.78, 5) is 0. The summed E-state index contributed by atoms with van der Waals surface area (Å²) in [5.41, 5.74) is 3.17. The lowest BCUT2D eigenvalue weighted by molar-refractivity contribution is 0.0398. The standard InChI is InChI=1S/C25H24ClN3O2S/c26-21-11-13-22(14-12-21)29-24(15-19-7-3-1-4-8-19)27-28-25(29)32-18-23(30)17-31-16-20-9-5-2-6-10-20/h1-14,23,30H,15-18H2/t23-/m0/s1. The molecule has 0 amide bonds. The summed E-state index contributed by atoms with van der Waals surface area (Å²) < 4.78 is 7.68. The van der Waals surface area contributed by atoms with Gasteiger partial charge in [-0.15, -0.1) is 10.2 Å². The first-order chi connectivity index (χ1) is 15.7. The molecule has 0 saturated carbocycles. The van der Waals surface area contributed by atoms with Gasteiger partial charge in [0.05, 0.1) is 19.3 Å². The maximum absolute atomic E-state index is 10.4. The van der Waals surface area contributed by atoms with Gasteiger partial charge in [-0.3, -0.25) is 4.57 Å². The van der Waals surface area contributed by atoms with Crippen LogP contribution in [0.4, 0.5) is 0 Å². The zero-order chi connectivity index (χ0) is 22.2. The molecule has 0 spiro atoms. The van der Waals surface area contributed by atoms with Crippen molar-refractivity contribution in [2.24, 2.45) is 0 Å². The molecular weight excluding hydrogens is 442 g/mol. The third-order valence-electron chi connectivity index (χ3n) is 4.82. The van der Waals surface area contributed by atoms with Crippen molar-refractivity contribution < 1.29 is 9.84 Å². The Morgan fingerprint density at radius 3 is 2.22 bits per heavy atom. The van der Waals surface area contributed by atoms with E-state index in [1.807, 2.05) is 77.4 Å². The number of thioether (sulfide) groups is 1. The highest BCUT2D eigenvalue weighted by Gasteiger charge is 2.17. The number of hydrogen-bond acceptors (Lipinski definition) is 5. The van der Waals surface area contributed by atoms with Gasteiger partial charge in [-0.25, -0.2) is 0 Å². The van der Waals surface area contributed by atoms with E-state index in [1.165, 1.54) is 11.8 Å². The molecule has 3 aromatic carbocycles. The van der Waals surface area contributed by atoms with Crippen LogP contribution in [0.5, 0.6) is 0 Å². The molecule has 164 valence electrons. The second-order valence-electron chi connectivity index (χ2n) is 7.34. The largest absolute Gasteiger partial charge is 0.390 e. The highest BCUT2D eigenvalue weighted by Crippen LogP contribution is 2.25. The Hall–Kier alpha value is -2.64. The normalized spacial score (nSPS) is 12.1. The zero-order valence-corrected chi connectivity index (χ0v) is 19.0. The van der Waals surface area contributed by atoms with Crippen molar-refractivity contribution in [1.82, 2.24) is 14.8 Å². The van der Waals surface area contributed by atoms with E-state index < -0.39 is 6.10 Å². The van der Waals surface area contributed by atoms with Gasteiger partial charge in [0.25, 0.3) is 0 Å². The maximum atomic E-state index is 10.4. The lowest BCUT2D eigenvalue weighted by Gasteiger charge is -2.13. The first-order valence-corrected chi connectivity index (χ1v) is 11.7. The van der Waals surface area contributed by atoms with Crippen LogP contribution in [0.15, 0.2) is 90.1 Å². The minimum atomic E-state index is -0.614. The first-order valence-electron chi connectivity index (χ1n) is 10.4. The summed E-state index contributed by atoms with van der Waals surface area (Å²) >= 11 is 7.54.